The first-order valence-electron chi connectivity index (χ1n) is 7.50. The van der Waals surface area contributed by atoms with Crippen molar-refractivity contribution in [1.29, 1.82) is 0 Å². The van der Waals surface area contributed by atoms with Gasteiger partial charge in [-0.3, -0.25) is 19.6 Å². The largest absolute Gasteiger partial charge is 0.465 e. The predicted octanol–water partition coefficient (Wildman–Crippen LogP) is 1.93. The average molecular weight is 396 g/mol. The molecule has 0 radical (unpaired) electrons. The summed E-state index contributed by atoms with van der Waals surface area (Å²) < 4.78 is 10.5. The topological polar surface area (TPSA) is 143 Å². The zero-order chi connectivity index (χ0) is 20.3. The molecule has 2 aromatic rings. The molecule has 144 valence electrons. The van der Waals surface area contributed by atoms with E-state index in [1.54, 1.807) is 0 Å². The Morgan fingerprint density at radius 1 is 1.30 bits per heavy atom. The Labute approximate surface area is 157 Å². The van der Waals surface area contributed by atoms with Crippen molar-refractivity contribution < 1.29 is 28.8 Å². The van der Waals surface area contributed by atoms with Gasteiger partial charge in [-0.1, -0.05) is 0 Å². The number of aromatic nitrogens is 2. The van der Waals surface area contributed by atoms with Gasteiger partial charge in [-0.2, -0.15) is 5.10 Å². The number of nitrogens with zero attached hydrogens (tertiary/aromatic N) is 3. The second-order valence-corrected chi connectivity index (χ2v) is 6.36. The number of carbonyl (C=O) groups is 3. The quantitative estimate of drug-likeness (QED) is 0.443. The number of esters is 2. The lowest BCUT2D eigenvalue weighted by molar-refractivity contribution is -0.385. The highest BCUT2D eigenvalue weighted by atomic mass is 32.1. The van der Waals surface area contributed by atoms with Crippen LogP contribution in [0.2, 0.25) is 0 Å². The van der Waals surface area contributed by atoms with Gasteiger partial charge in [0.2, 0.25) is 5.91 Å². The van der Waals surface area contributed by atoms with Gasteiger partial charge < -0.3 is 14.8 Å². The van der Waals surface area contributed by atoms with Gasteiger partial charge in [0.15, 0.2) is 0 Å². The van der Waals surface area contributed by atoms with E-state index in [1.807, 2.05) is 0 Å². The molecule has 0 bridgehead atoms. The first-order chi connectivity index (χ1) is 12.7. The molecular formula is C15H16N4O7S. The van der Waals surface area contributed by atoms with Gasteiger partial charge in [0.1, 0.15) is 28.3 Å². The summed E-state index contributed by atoms with van der Waals surface area (Å²) in [6.45, 7) is 3.01. The van der Waals surface area contributed by atoms with Gasteiger partial charge in [0, 0.05) is 0 Å². The molecule has 1 N–H and O–H groups in total. The van der Waals surface area contributed by atoms with Crippen LogP contribution in [0.4, 0.5) is 10.7 Å². The van der Waals surface area contributed by atoms with E-state index < -0.39 is 28.8 Å². The summed E-state index contributed by atoms with van der Waals surface area (Å²) in [6.07, 6.45) is 2.14. The molecule has 0 saturated carbocycles. The number of nitro groups is 1. The van der Waals surface area contributed by atoms with E-state index in [4.69, 9.17) is 4.74 Å². The van der Waals surface area contributed by atoms with E-state index in [1.165, 1.54) is 28.1 Å². The monoisotopic (exact) mass is 396 g/mol. The van der Waals surface area contributed by atoms with Crippen molar-refractivity contribution in [3.05, 3.63) is 38.5 Å². The number of ether oxygens (including phenoxy) is 2. The molecular weight excluding hydrogens is 380 g/mol. The summed E-state index contributed by atoms with van der Waals surface area (Å²) in [5.41, 5.74) is 0.0936. The lowest BCUT2D eigenvalue weighted by atomic mass is 10.1. The summed E-state index contributed by atoms with van der Waals surface area (Å²) in [5, 5.41) is 17.2. The van der Waals surface area contributed by atoms with Gasteiger partial charge in [0.05, 0.1) is 24.7 Å². The van der Waals surface area contributed by atoms with Crippen LogP contribution >= 0.6 is 11.3 Å². The Bertz CT molecular complexity index is 917. The number of rotatable bonds is 6. The van der Waals surface area contributed by atoms with Crippen molar-refractivity contribution in [3.63, 3.8) is 0 Å². The molecule has 0 aliphatic carbocycles. The summed E-state index contributed by atoms with van der Waals surface area (Å²) in [6, 6.07) is -0.909. The number of anilines is 1. The van der Waals surface area contributed by atoms with Crippen molar-refractivity contribution in [2.24, 2.45) is 0 Å². The Hall–Kier alpha value is -3.28. The van der Waals surface area contributed by atoms with E-state index in [0.717, 1.165) is 28.4 Å². The molecule has 2 rings (SSSR count). The van der Waals surface area contributed by atoms with Crippen LogP contribution in [0.3, 0.4) is 0 Å². The molecule has 1 atom stereocenters. The van der Waals surface area contributed by atoms with Crippen LogP contribution in [0, 0.1) is 17.0 Å². The third-order valence-corrected chi connectivity index (χ3v) is 4.91. The van der Waals surface area contributed by atoms with Gasteiger partial charge >= 0.3 is 17.6 Å². The van der Waals surface area contributed by atoms with Crippen LogP contribution in [-0.2, 0) is 14.3 Å². The third-order valence-electron chi connectivity index (χ3n) is 3.72. The third kappa shape index (κ3) is 3.95. The van der Waals surface area contributed by atoms with Crippen molar-refractivity contribution in [2.75, 3.05) is 19.5 Å². The fourth-order valence-electron chi connectivity index (χ4n) is 2.21. The van der Waals surface area contributed by atoms with Crippen molar-refractivity contribution in [2.45, 2.75) is 19.9 Å². The maximum Gasteiger partial charge on any atom is 0.348 e. The molecule has 2 aromatic heterocycles. The molecule has 27 heavy (non-hydrogen) atoms. The zero-order valence-corrected chi connectivity index (χ0v) is 15.7. The fraction of sp³-hybridized carbons (Fsp3) is 0.333. The second kappa shape index (κ2) is 7.95. The van der Waals surface area contributed by atoms with E-state index in [-0.39, 0.29) is 21.1 Å². The van der Waals surface area contributed by atoms with E-state index in [2.05, 4.69) is 15.2 Å². The minimum absolute atomic E-state index is 0.0369. The second-order valence-electron chi connectivity index (χ2n) is 5.34. The highest BCUT2D eigenvalue weighted by molar-refractivity contribution is 7.18. The average Bonchev–Trinajstić information content (AvgIpc) is 3.25. The minimum Gasteiger partial charge on any atom is -0.465 e. The Kier molecular flexibility index (Phi) is 5.90. The highest BCUT2D eigenvalue weighted by Gasteiger charge is 2.28. The molecule has 1 unspecified atom stereocenters. The maximum absolute atomic E-state index is 12.5. The van der Waals surface area contributed by atoms with Crippen molar-refractivity contribution in [1.82, 2.24) is 9.78 Å². The molecule has 12 heteroatoms. The molecule has 0 spiro atoms. The number of thiophene rings is 1. The molecule has 0 fully saturated rings. The summed E-state index contributed by atoms with van der Waals surface area (Å²) in [4.78, 5) is 46.7. The SMILES string of the molecule is COC(=O)c1sc(NC(=O)C(C)n2cc([N+](=O)[O-])cn2)c(C(=O)OC)c1C. The van der Waals surface area contributed by atoms with Crippen LogP contribution in [0.1, 0.15) is 38.6 Å². The molecule has 0 saturated heterocycles. The first-order valence-corrected chi connectivity index (χ1v) is 8.32. The standard InChI is InChI=1S/C15H16N4O7S/c1-7-10(14(21)25-3)13(27-11(7)15(22)26-4)17-12(20)8(2)18-6-9(5-16-18)19(23)24/h5-6,8H,1-4H3,(H,17,20). The molecule has 0 aliphatic rings. The first kappa shape index (κ1) is 20.0. The Balaban J connectivity index is 2.34. The number of nitrogens with one attached hydrogen (secondary N) is 1. The van der Waals surface area contributed by atoms with Crippen LogP contribution in [0.15, 0.2) is 12.4 Å². The number of hydrogen-bond donors (Lipinski definition) is 1. The van der Waals surface area contributed by atoms with Crippen LogP contribution in [0.5, 0.6) is 0 Å². The lowest BCUT2D eigenvalue weighted by Crippen LogP contribution is -2.24. The normalized spacial score (nSPS) is 11.6. The van der Waals surface area contributed by atoms with E-state index in [9.17, 15) is 24.5 Å². The molecule has 1 amide bonds. The number of hydrogen-bond acceptors (Lipinski definition) is 9. The Morgan fingerprint density at radius 2 is 1.93 bits per heavy atom. The summed E-state index contributed by atoms with van der Waals surface area (Å²) in [7, 11) is 2.37. The van der Waals surface area contributed by atoms with E-state index >= 15 is 0 Å². The van der Waals surface area contributed by atoms with Crippen LogP contribution in [0.25, 0.3) is 0 Å². The van der Waals surface area contributed by atoms with Crippen LogP contribution < -0.4 is 5.32 Å². The van der Waals surface area contributed by atoms with Gasteiger partial charge in [-0.15, -0.1) is 11.3 Å². The van der Waals surface area contributed by atoms with Gasteiger partial charge in [-0.25, -0.2) is 9.59 Å². The predicted molar refractivity (Wildman–Crippen MR) is 94.0 cm³/mol. The fourth-order valence-corrected chi connectivity index (χ4v) is 3.32. The van der Waals surface area contributed by atoms with Crippen molar-refractivity contribution >= 4 is 39.9 Å². The minimum atomic E-state index is -0.909. The lowest BCUT2D eigenvalue weighted by Gasteiger charge is -2.12. The number of methoxy groups -OCH3 is 2. The number of amides is 1. The van der Waals surface area contributed by atoms with E-state index in [0.29, 0.717) is 5.56 Å². The zero-order valence-electron chi connectivity index (χ0n) is 14.8. The summed E-state index contributed by atoms with van der Waals surface area (Å²) in [5.74, 6) is -1.97. The molecule has 0 aromatic carbocycles. The van der Waals surface area contributed by atoms with Gasteiger partial charge in [-0.05, 0) is 19.4 Å². The van der Waals surface area contributed by atoms with Crippen LogP contribution in [-0.4, -0.2) is 46.8 Å². The molecule has 0 aliphatic heterocycles. The molecule has 2 heterocycles. The van der Waals surface area contributed by atoms with Gasteiger partial charge in [0.25, 0.3) is 0 Å². The Morgan fingerprint density at radius 3 is 2.44 bits per heavy atom. The molecule has 11 nitrogen and oxygen atoms in total. The van der Waals surface area contributed by atoms with Crippen molar-refractivity contribution in [3.8, 4) is 0 Å². The maximum atomic E-state index is 12.5. The highest BCUT2D eigenvalue weighted by Crippen LogP contribution is 2.34. The summed E-state index contributed by atoms with van der Waals surface area (Å²) >= 11 is 0.868. The smallest absolute Gasteiger partial charge is 0.348 e. The number of carbonyl (C=O) groups excluding carboxylic acids is 3.